The summed E-state index contributed by atoms with van der Waals surface area (Å²) < 4.78 is 15.3. The van der Waals surface area contributed by atoms with Crippen molar-refractivity contribution in [3.05, 3.63) is 74.6 Å². The first-order chi connectivity index (χ1) is 17.9. The molecular weight excluding hydrogens is 511 g/mol. The van der Waals surface area contributed by atoms with Gasteiger partial charge in [0.2, 0.25) is 0 Å². The van der Waals surface area contributed by atoms with E-state index >= 15 is 0 Å². The van der Waals surface area contributed by atoms with Gasteiger partial charge in [-0.1, -0.05) is 35.3 Å². The van der Waals surface area contributed by atoms with Gasteiger partial charge in [0.25, 0.3) is 5.56 Å². The van der Waals surface area contributed by atoms with E-state index in [9.17, 15) is 4.79 Å². The van der Waals surface area contributed by atoms with Crippen LogP contribution < -0.4 is 5.56 Å². The summed E-state index contributed by atoms with van der Waals surface area (Å²) in [5.74, 6) is 0. The highest BCUT2D eigenvalue weighted by atomic mass is 35.5. The van der Waals surface area contributed by atoms with Gasteiger partial charge < -0.3 is 14.0 Å². The number of H-pyrrole nitrogens is 1. The summed E-state index contributed by atoms with van der Waals surface area (Å²) in [6.07, 6.45) is 2.99. The lowest BCUT2D eigenvalue weighted by Crippen LogP contribution is -2.22. The van der Waals surface area contributed by atoms with Crippen LogP contribution >= 0.6 is 23.2 Å². The van der Waals surface area contributed by atoms with Crippen molar-refractivity contribution in [3.63, 3.8) is 0 Å². The minimum Gasteiger partial charge on any atom is -0.353 e. The van der Waals surface area contributed by atoms with E-state index in [4.69, 9.17) is 32.7 Å². The molecule has 1 aliphatic heterocycles. The number of pyridine rings is 1. The fourth-order valence-electron chi connectivity index (χ4n) is 5.16. The maximum Gasteiger partial charge on any atom is 0.259 e. The molecule has 0 amide bonds. The first kappa shape index (κ1) is 24.2. The molecule has 1 aliphatic rings. The summed E-state index contributed by atoms with van der Waals surface area (Å²) in [5, 5.41) is 10.5. The van der Waals surface area contributed by atoms with Crippen molar-refractivity contribution in [1.82, 2.24) is 19.3 Å². The van der Waals surface area contributed by atoms with Crippen LogP contribution in [-0.2, 0) is 30.2 Å². The van der Waals surface area contributed by atoms with Crippen molar-refractivity contribution in [2.75, 3.05) is 6.61 Å². The zero-order valence-corrected chi connectivity index (χ0v) is 22.1. The maximum absolute atomic E-state index is 13.3. The van der Waals surface area contributed by atoms with Crippen LogP contribution in [0.3, 0.4) is 0 Å². The Morgan fingerprint density at radius 3 is 2.68 bits per heavy atom. The van der Waals surface area contributed by atoms with Gasteiger partial charge in [0.05, 0.1) is 28.5 Å². The molecule has 1 fully saturated rings. The molecule has 7 nitrogen and oxygen atoms in total. The molecule has 0 aliphatic carbocycles. The lowest BCUT2D eigenvalue weighted by atomic mass is 10.0. The molecule has 0 bridgehead atoms. The van der Waals surface area contributed by atoms with E-state index in [1.165, 1.54) is 0 Å². The Morgan fingerprint density at radius 2 is 1.89 bits per heavy atom. The lowest BCUT2D eigenvalue weighted by molar-refractivity contribution is -0.169. The first-order valence-electron chi connectivity index (χ1n) is 12.3. The van der Waals surface area contributed by atoms with Crippen molar-refractivity contribution in [2.45, 2.75) is 32.2 Å². The van der Waals surface area contributed by atoms with Crippen LogP contribution in [0.5, 0.6) is 0 Å². The van der Waals surface area contributed by atoms with Gasteiger partial charge >= 0.3 is 0 Å². The van der Waals surface area contributed by atoms with E-state index < -0.39 is 0 Å². The summed E-state index contributed by atoms with van der Waals surface area (Å²) in [7, 11) is 3.75. The van der Waals surface area contributed by atoms with Crippen LogP contribution in [0.25, 0.3) is 44.3 Å². The fraction of sp³-hybridized carbons (Fsp3) is 0.286. The average Bonchev–Trinajstić information content (AvgIpc) is 3.48. The van der Waals surface area contributed by atoms with Crippen LogP contribution in [0.4, 0.5) is 0 Å². The van der Waals surface area contributed by atoms with E-state index in [1.54, 1.807) is 29.8 Å². The number of hydrogen-bond donors (Lipinski definition) is 1. The van der Waals surface area contributed by atoms with Crippen molar-refractivity contribution >= 4 is 45.1 Å². The molecule has 0 radical (unpaired) electrons. The second kappa shape index (κ2) is 9.65. The summed E-state index contributed by atoms with van der Waals surface area (Å²) in [5.41, 5.74) is 5.59. The predicted octanol–water partition coefficient (Wildman–Crippen LogP) is 6.44. The zero-order chi connectivity index (χ0) is 25.7. The first-order valence-corrected chi connectivity index (χ1v) is 13.0. The molecule has 37 heavy (non-hydrogen) atoms. The van der Waals surface area contributed by atoms with Crippen LogP contribution in [0.15, 0.2) is 53.3 Å². The van der Waals surface area contributed by atoms with Gasteiger partial charge in [-0.25, -0.2) is 0 Å². The molecule has 5 aromatic rings. The summed E-state index contributed by atoms with van der Waals surface area (Å²) in [4.78, 5) is 13.3. The summed E-state index contributed by atoms with van der Waals surface area (Å²) in [6.45, 7) is 1.17. The Balaban J connectivity index is 1.41. The van der Waals surface area contributed by atoms with Gasteiger partial charge in [-0.05, 0) is 55.7 Å². The number of nitrogens with zero attached hydrogens (tertiary/aromatic N) is 3. The SMILES string of the molecule is Cn1c(=O)c(-c2ccc(Cl)cc2Cl)cc2c3cc(-c4cc(COC5CCCCO5)[nH]n4)ccc3n(C)c21. The molecule has 9 heteroatoms. The molecular formula is C28H26Cl2N4O3. The van der Waals surface area contributed by atoms with Crippen molar-refractivity contribution in [3.8, 4) is 22.4 Å². The zero-order valence-electron chi connectivity index (χ0n) is 20.6. The van der Waals surface area contributed by atoms with Gasteiger partial charge in [-0.15, -0.1) is 0 Å². The van der Waals surface area contributed by atoms with Gasteiger partial charge in [-0.3, -0.25) is 14.5 Å². The van der Waals surface area contributed by atoms with E-state index in [0.29, 0.717) is 27.8 Å². The molecule has 0 spiro atoms. The predicted molar refractivity (Wildman–Crippen MR) is 147 cm³/mol. The number of halogens is 2. The minimum absolute atomic E-state index is 0.123. The second-order valence-corrected chi connectivity index (χ2v) is 10.3. The Morgan fingerprint density at radius 1 is 1.03 bits per heavy atom. The summed E-state index contributed by atoms with van der Waals surface area (Å²) in [6, 6.07) is 15.3. The van der Waals surface area contributed by atoms with Gasteiger partial charge in [0, 0.05) is 53.2 Å². The third kappa shape index (κ3) is 4.36. The van der Waals surface area contributed by atoms with E-state index in [-0.39, 0.29) is 11.8 Å². The van der Waals surface area contributed by atoms with E-state index in [1.807, 2.05) is 29.8 Å². The van der Waals surface area contributed by atoms with Gasteiger partial charge in [0.15, 0.2) is 6.29 Å². The number of hydrogen-bond acceptors (Lipinski definition) is 4. The molecule has 0 saturated carbocycles. The molecule has 1 saturated heterocycles. The highest BCUT2D eigenvalue weighted by Crippen LogP contribution is 2.35. The molecule has 6 rings (SSSR count). The highest BCUT2D eigenvalue weighted by molar-refractivity contribution is 6.36. The smallest absolute Gasteiger partial charge is 0.259 e. The largest absolute Gasteiger partial charge is 0.353 e. The van der Waals surface area contributed by atoms with Gasteiger partial charge in [-0.2, -0.15) is 5.10 Å². The van der Waals surface area contributed by atoms with Crippen molar-refractivity contribution in [2.24, 2.45) is 14.1 Å². The number of nitrogens with one attached hydrogen (secondary N) is 1. The fourth-order valence-corrected chi connectivity index (χ4v) is 5.67. The minimum atomic E-state index is -0.150. The number of aromatic amines is 1. The topological polar surface area (TPSA) is 74.1 Å². The number of aromatic nitrogens is 4. The van der Waals surface area contributed by atoms with Gasteiger partial charge in [0.1, 0.15) is 5.65 Å². The molecule has 1 atom stereocenters. The highest BCUT2D eigenvalue weighted by Gasteiger charge is 2.19. The maximum atomic E-state index is 13.3. The average molecular weight is 537 g/mol. The Bertz CT molecular complexity index is 1700. The molecule has 190 valence electrons. The van der Waals surface area contributed by atoms with E-state index in [0.717, 1.165) is 64.8 Å². The quantitative estimate of drug-likeness (QED) is 0.280. The lowest BCUT2D eigenvalue weighted by Gasteiger charge is -2.22. The number of rotatable bonds is 5. The Hall–Kier alpha value is -3.10. The van der Waals surface area contributed by atoms with Crippen molar-refractivity contribution < 1.29 is 9.47 Å². The Labute approximate surface area is 223 Å². The molecule has 4 heterocycles. The second-order valence-electron chi connectivity index (χ2n) is 9.46. The summed E-state index contributed by atoms with van der Waals surface area (Å²) >= 11 is 12.6. The molecule has 1 N–H and O–H groups in total. The molecule has 3 aromatic heterocycles. The number of benzene rings is 2. The van der Waals surface area contributed by atoms with Crippen molar-refractivity contribution in [1.29, 1.82) is 0 Å². The van der Waals surface area contributed by atoms with Crippen LogP contribution in [-0.4, -0.2) is 32.2 Å². The Kier molecular flexibility index (Phi) is 6.32. The number of ether oxygens (including phenoxy) is 2. The van der Waals surface area contributed by atoms with Crippen LogP contribution in [0.1, 0.15) is 25.0 Å². The normalized spacial score (nSPS) is 16.2. The molecule has 1 unspecified atom stereocenters. The van der Waals surface area contributed by atoms with Crippen LogP contribution in [0, 0.1) is 0 Å². The third-order valence-corrected chi connectivity index (χ3v) is 7.61. The number of fused-ring (bicyclic) bond motifs is 3. The van der Waals surface area contributed by atoms with Crippen LogP contribution in [0.2, 0.25) is 10.0 Å². The standard InChI is InChI=1S/C28H26Cl2N4O3/c1-33-25-9-6-16(24-13-18(31-32-24)15-37-26-5-3-4-10-36-26)11-20(25)21-14-22(28(35)34(2)27(21)33)19-8-7-17(29)12-23(19)30/h6-9,11-14,26H,3-5,10,15H2,1-2H3,(H,31,32). The third-order valence-electron chi connectivity index (χ3n) is 7.06. The number of aryl methyl sites for hydroxylation is 2. The van der Waals surface area contributed by atoms with E-state index in [2.05, 4.69) is 22.3 Å². The monoisotopic (exact) mass is 536 g/mol. The molecule has 2 aromatic carbocycles.